The standard InChI is InChI=1S/C21H21Cl3O4.C11H14O2/c22-21(23,24)15-28-19(25)13-18(12-11-16-7-3-1-4-8-16)20(26)27-14-17-9-5-2-6-10-17;1-9(11(12)13)7-8-10-5-3-2-4-6-10/h1-10,18H,11-15H2;2-6,9H,7-8H2,1H3,(H,12,13)/t18-;/m1./s1. The van der Waals surface area contributed by atoms with Crippen LogP contribution in [0.25, 0.3) is 0 Å². The molecule has 3 rings (SSSR count). The van der Waals surface area contributed by atoms with Gasteiger partial charge in [-0.2, -0.15) is 0 Å². The van der Waals surface area contributed by atoms with E-state index in [4.69, 9.17) is 49.4 Å². The fourth-order valence-electron chi connectivity index (χ4n) is 3.71. The molecule has 0 aliphatic carbocycles. The van der Waals surface area contributed by atoms with Gasteiger partial charge in [-0.25, -0.2) is 0 Å². The number of alkyl halides is 3. The van der Waals surface area contributed by atoms with Crippen LogP contribution in [-0.4, -0.2) is 33.4 Å². The lowest BCUT2D eigenvalue weighted by atomic mass is 9.96. The third-order valence-corrected chi connectivity index (χ3v) is 6.45. The van der Waals surface area contributed by atoms with Gasteiger partial charge in [0.25, 0.3) is 0 Å². The highest BCUT2D eigenvalue weighted by atomic mass is 35.6. The zero-order valence-corrected chi connectivity index (χ0v) is 25.2. The number of benzene rings is 3. The quantitative estimate of drug-likeness (QED) is 0.156. The first-order chi connectivity index (χ1) is 19.5. The van der Waals surface area contributed by atoms with Crippen LogP contribution < -0.4 is 0 Å². The fraction of sp³-hybridized carbons (Fsp3) is 0.344. The molecule has 0 bridgehead atoms. The lowest BCUT2D eigenvalue weighted by molar-refractivity contribution is -0.156. The normalized spacial score (nSPS) is 12.3. The molecule has 6 nitrogen and oxygen atoms in total. The Morgan fingerprint density at radius 3 is 1.66 bits per heavy atom. The van der Waals surface area contributed by atoms with Crippen LogP contribution >= 0.6 is 34.8 Å². The first kappa shape index (κ1) is 34.1. The maximum atomic E-state index is 12.6. The Kier molecular flexibility index (Phi) is 15.3. The molecule has 0 heterocycles. The SMILES string of the molecule is CC(CCc1ccccc1)C(=O)O.O=C(C[C@@H](CCc1ccccc1)C(=O)OCc1ccccc1)OCC(Cl)(Cl)Cl. The van der Waals surface area contributed by atoms with Crippen molar-refractivity contribution in [3.05, 3.63) is 108 Å². The zero-order valence-electron chi connectivity index (χ0n) is 22.9. The van der Waals surface area contributed by atoms with Crippen LogP contribution in [0.5, 0.6) is 0 Å². The van der Waals surface area contributed by atoms with E-state index in [-0.39, 0.29) is 25.6 Å². The van der Waals surface area contributed by atoms with Gasteiger partial charge >= 0.3 is 17.9 Å². The smallest absolute Gasteiger partial charge is 0.309 e. The Morgan fingerprint density at radius 2 is 1.20 bits per heavy atom. The molecular weight excluding hydrogens is 587 g/mol. The Hall–Kier alpha value is -3.06. The summed E-state index contributed by atoms with van der Waals surface area (Å²) < 4.78 is 8.67. The molecule has 3 aromatic rings. The lowest BCUT2D eigenvalue weighted by Crippen LogP contribution is -2.25. The predicted octanol–water partition coefficient (Wildman–Crippen LogP) is 7.62. The van der Waals surface area contributed by atoms with E-state index in [0.29, 0.717) is 19.3 Å². The maximum absolute atomic E-state index is 12.6. The second kappa shape index (κ2) is 18.4. The number of rotatable bonds is 13. The molecule has 0 radical (unpaired) electrons. The van der Waals surface area contributed by atoms with E-state index in [1.807, 2.05) is 91.0 Å². The number of esters is 2. The number of halogens is 3. The largest absolute Gasteiger partial charge is 0.481 e. The van der Waals surface area contributed by atoms with E-state index in [1.165, 1.54) is 5.56 Å². The summed E-state index contributed by atoms with van der Waals surface area (Å²) in [5.41, 5.74) is 3.14. The molecule has 0 aromatic heterocycles. The number of carbonyl (C=O) groups excluding carboxylic acids is 2. The number of carboxylic acids is 1. The van der Waals surface area contributed by atoms with E-state index in [2.05, 4.69) is 0 Å². The highest BCUT2D eigenvalue weighted by Gasteiger charge is 2.27. The van der Waals surface area contributed by atoms with Crippen molar-refractivity contribution in [2.45, 2.75) is 49.4 Å². The topological polar surface area (TPSA) is 89.9 Å². The molecule has 0 fully saturated rings. The highest BCUT2D eigenvalue weighted by Crippen LogP contribution is 2.26. The summed E-state index contributed by atoms with van der Waals surface area (Å²) in [4.78, 5) is 35.2. The Morgan fingerprint density at radius 1 is 0.732 bits per heavy atom. The average Bonchev–Trinajstić information content (AvgIpc) is 2.97. The van der Waals surface area contributed by atoms with Gasteiger partial charge in [-0.1, -0.05) is 133 Å². The summed E-state index contributed by atoms with van der Waals surface area (Å²) in [7, 11) is 0. The lowest BCUT2D eigenvalue weighted by Gasteiger charge is -2.17. The highest BCUT2D eigenvalue weighted by molar-refractivity contribution is 6.67. The molecule has 3 aromatic carbocycles. The molecular formula is C32H35Cl3O6. The number of hydrogen-bond acceptors (Lipinski definition) is 5. The van der Waals surface area contributed by atoms with Gasteiger partial charge in [0.05, 0.1) is 18.3 Å². The second-order valence-corrected chi connectivity index (χ2v) is 12.1. The Bertz CT molecular complexity index is 1180. The number of hydrogen-bond donors (Lipinski definition) is 1. The molecule has 0 saturated carbocycles. The van der Waals surface area contributed by atoms with Crippen molar-refractivity contribution < 1.29 is 29.0 Å². The van der Waals surface area contributed by atoms with Crippen LogP contribution in [0.2, 0.25) is 0 Å². The van der Waals surface area contributed by atoms with Crippen molar-refractivity contribution >= 4 is 52.7 Å². The molecule has 0 aliphatic rings. The van der Waals surface area contributed by atoms with Crippen molar-refractivity contribution in [2.75, 3.05) is 6.61 Å². The van der Waals surface area contributed by atoms with Crippen LogP contribution in [0, 0.1) is 11.8 Å². The molecule has 0 amide bonds. The van der Waals surface area contributed by atoms with Gasteiger partial charge in [0.15, 0.2) is 0 Å². The Balaban J connectivity index is 0.000000377. The number of aryl methyl sites for hydroxylation is 2. The monoisotopic (exact) mass is 620 g/mol. The molecule has 220 valence electrons. The summed E-state index contributed by atoms with van der Waals surface area (Å²) in [6.07, 6.45) is 2.49. The predicted molar refractivity (Wildman–Crippen MR) is 162 cm³/mol. The van der Waals surface area contributed by atoms with Gasteiger partial charge < -0.3 is 14.6 Å². The minimum absolute atomic E-state index is 0.138. The molecule has 0 saturated heterocycles. The summed E-state index contributed by atoms with van der Waals surface area (Å²) in [6, 6.07) is 29.0. The van der Waals surface area contributed by atoms with Gasteiger partial charge in [-0.05, 0) is 42.4 Å². The van der Waals surface area contributed by atoms with Gasteiger partial charge in [-0.3, -0.25) is 14.4 Å². The van der Waals surface area contributed by atoms with Gasteiger partial charge in [0.1, 0.15) is 13.2 Å². The van der Waals surface area contributed by atoms with Crippen molar-refractivity contribution in [2.24, 2.45) is 11.8 Å². The molecule has 1 unspecified atom stereocenters. The molecule has 41 heavy (non-hydrogen) atoms. The van der Waals surface area contributed by atoms with E-state index in [9.17, 15) is 14.4 Å². The molecule has 1 N–H and O–H groups in total. The minimum Gasteiger partial charge on any atom is -0.481 e. The number of carbonyl (C=O) groups is 3. The number of ether oxygens (including phenoxy) is 2. The number of carboxylic acid groups (broad SMARTS) is 1. The second-order valence-electron chi connectivity index (χ2n) is 9.56. The average molecular weight is 622 g/mol. The molecule has 2 atom stereocenters. The minimum atomic E-state index is -1.69. The van der Waals surface area contributed by atoms with Crippen LogP contribution in [0.1, 0.15) is 42.9 Å². The summed E-state index contributed by atoms with van der Waals surface area (Å²) >= 11 is 16.8. The van der Waals surface area contributed by atoms with Crippen molar-refractivity contribution in [1.29, 1.82) is 0 Å². The van der Waals surface area contributed by atoms with Gasteiger partial charge in [-0.15, -0.1) is 0 Å². The van der Waals surface area contributed by atoms with Crippen LogP contribution in [0.3, 0.4) is 0 Å². The van der Waals surface area contributed by atoms with E-state index < -0.39 is 27.6 Å². The fourth-order valence-corrected chi connectivity index (χ4v) is 3.87. The van der Waals surface area contributed by atoms with Crippen LogP contribution in [0.15, 0.2) is 91.0 Å². The first-order valence-electron chi connectivity index (χ1n) is 13.3. The van der Waals surface area contributed by atoms with E-state index in [1.54, 1.807) is 6.92 Å². The van der Waals surface area contributed by atoms with Crippen LogP contribution in [0.4, 0.5) is 0 Å². The maximum Gasteiger partial charge on any atom is 0.309 e. The first-order valence-corrected chi connectivity index (χ1v) is 14.4. The summed E-state index contributed by atoms with van der Waals surface area (Å²) in [6.45, 7) is 1.51. The van der Waals surface area contributed by atoms with Crippen molar-refractivity contribution in [3.8, 4) is 0 Å². The van der Waals surface area contributed by atoms with Crippen molar-refractivity contribution in [3.63, 3.8) is 0 Å². The van der Waals surface area contributed by atoms with Crippen molar-refractivity contribution in [1.82, 2.24) is 0 Å². The van der Waals surface area contributed by atoms with Crippen LogP contribution in [-0.2, 0) is 43.3 Å². The third-order valence-electron chi connectivity index (χ3n) is 6.12. The molecule has 9 heteroatoms. The molecule has 0 spiro atoms. The molecule has 0 aliphatic heterocycles. The summed E-state index contributed by atoms with van der Waals surface area (Å²) in [5.74, 6) is -2.67. The van der Waals surface area contributed by atoms with Gasteiger partial charge in [0, 0.05) is 0 Å². The summed E-state index contributed by atoms with van der Waals surface area (Å²) in [5, 5.41) is 8.66. The Labute approximate surface area is 256 Å². The third kappa shape index (κ3) is 15.5. The van der Waals surface area contributed by atoms with E-state index >= 15 is 0 Å². The number of aliphatic carboxylic acids is 1. The zero-order chi connectivity index (χ0) is 30.1. The van der Waals surface area contributed by atoms with E-state index in [0.717, 1.165) is 17.5 Å². The van der Waals surface area contributed by atoms with Gasteiger partial charge in [0.2, 0.25) is 3.79 Å².